The van der Waals surface area contributed by atoms with Crippen molar-refractivity contribution in [2.75, 3.05) is 19.8 Å². The van der Waals surface area contributed by atoms with E-state index in [0.717, 1.165) is 18.9 Å². The molecule has 1 unspecified atom stereocenters. The topological polar surface area (TPSA) is 29.5 Å². The van der Waals surface area contributed by atoms with Crippen LogP contribution in [0.25, 0.3) is 0 Å². The highest BCUT2D eigenvalue weighted by molar-refractivity contribution is 4.49. The van der Waals surface area contributed by atoms with Gasteiger partial charge < -0.3 is 9.84 Å². The van der Waals surface area contributed by atoms with Crippen molar-refractivity contribution in [1.29, 1.82) is 0 Å². The lowest BCUT2D eigenvalue weighted by Crippen LogP contribution is -2.02. The van der Waals surface area contributed by atoms with Crippen molar-refractivity contribution >= 4 is 0 Å². The van der Waals surface area contributed by atoms with Gasteiger partial charge in [0, 0.05) is 6.61 Å². The molecule has 0 aliphatic heterocycles. The van der Waals surface area contributed by atoms with E-state index in [1.54, 1.807) is 0 Å². The van der Waals surface area contributed by atoms with Crippen molar-refractivity contribution in [1.82, 2.24) is 0 Å². The van der Waals surface area contributed by atoms with E-state index < -0.39 is 0 Å². The van der Waals surface area contributed by atoms with Crippen molar-refractivity contribution in [2.24, 2.45) is 5.92 Å². The maximum atomic E-state index is 8.40. The molecule has 11 heavy (non-hydrogen) atoms. The molecule has 0 aliphatic rings. The molecule has 2 heteroatoms. The fourth-order valence-corrected chi connectivity index (χ4v) is 0.905. The Hall–Kier alpha value is -0.0800. The molecule has 0 heterocycles. The number of ether oxygens (including phenoxy) is 1. The Morgan fingerprint density at radius 1 is 1.36 bits per heavy atom. The molecule has 0 aliphatic carbocycles. The predicted molar refractivity (Wildman–Crippen MR) is 46.6 cm³/mol. The lowest BCUT2D eigenvalue weighted by Gasteiger charge is -2.07. The van der Waals surface area contributed by atoms with Crippen LogP contribution in [-0.4, -0.2) is 24.9 Å². The van der Waals surface area contributed by atoms with Crippen LogP contribution in [0, 0.1) is 5.92 Å². The van der Waals surface area contributed by atoms with Crippen molar-refractivity contribution in [3.8, 4) is 0 Å². The third-order valence-electron chi connectivity index (χ3n) is 1.92. The maximum absolute atomic E-state index is 8.40. The van der Waals surface area contributed by atoms with Gasteiger partial charge in [0.1, 0.15) is 0 Å². The van der Waals surface area contributed by atoms with Gasteiger partial charge in [0.05, 0.1) is 13.2 Å². The second-order valence-electron chi connectivity index (χ2n) is 2.99. The van der Waals surface area contributed by atoms with Crippen LogP contribution in [0.5, 0.6) is 0 Å². The highest BCUT2D eigenvalue weighted by Crippen LogP contribution is 2.08. The van der Waals surface area contributed by atoms with Gasteiger partial charge >= 0.3 is 0 Å². The molecule has 0 radical (unpaired) electrons. The standard InChI is InChI=1S/C9H20O2/c1-3-9(2)5-4-7-11-8-6-10/h9-10H,3-8H2,1-2H3. The third-order valence-corrected chi connectivity index (χ3v) is 1.92. The highest BCUT2D eigenvalue weighted by Gasteiger charge is 1.97. The second-order valence-corrected chi connectivity index (χ2v) is 2.99. The molecule has 0 amide bonds. The average Bonchev–Trinajstić information content (AvgIpc) is 2.04. The molecule has 0 spiro atoms. The van der Waals surface area contributed by atoms with Gasteiger partial charge in [0.2, 0.25) is 0 Å². The van der Waals surface area contributed by atoms with Crippen LogP contribution in [0.1, 0.15) is 33.1 Å². The minimum absolute atomic E-state index is 0.142. The van der Waals surface area contributed by atoms with Gasteiger partial charge in [-0.05, 0) is 18.8 Å². The van der Waals surface area contributed by atoms with E-state index >= 15 is 0 Å². The van der Waals surface area contributed by atoms with Crippen molar-refractivity contribution in [2.45, 2.75) is 33.1 Å². The largest absolute Gasteiger partial charge is 0.394 e. The van der Waals surface area contributed by atoms with Crippen LogP contribution >= 0.6 is 0 Å². The average molecular weight is 160 g/mol. The van der Waals surface area contributed by atoms with Crippen molar-refractivity contribution in [3.63, 3.8) is 0 Å². The summed E-state index contributed by atoms with van der Waals surface area (Å²) in [6.07, 6.45) is 3.61. The summed E-state index contributed by atoms with van der Waals surface area (Å²) in [7, 11) is 0. The Bertz CT molecular complexity index is 74.0. The third kappa shape index (κ3) is 7.82. The molecule has 0 aromatic rings. The zero-order valence-electron chi connectivity index (χ0n) is 7.68. The molecule has 68 valence electrons. The van der Waals surface area contributed by atoms with Gasteiger partial charge in [-0.3, -0.25) is 0 Å². The van der Waals surface area contributed by atoms with E-state index in [4.69, 9.17) is 9.84 Å². The Labute approximate surface area is 69.6 Å². The molecule has 0 rings (SSSR count). The van der Waals surface area contributed by atoms with E-state index in [9.17, 15) is 0 Å². The number of rotatable bonds is 7. The van der Waals surface area contributed by atoms with E-state index in [1.165, 1.54) is 12.8 Å². The molecular formula is C9H20O2. The molecule has 2 nitrogen and oxygen atoms in total. The summed E-state index contributed by atoms with van der Waals surface area (Å²) in [5, 5.41) is 8.40. The summed E-state index contributed by atoms with van der Waals surface area (Å²) in [5.41, 5.74) is 0. The molecule has 0 saturated heterocycles. The number of aliphatic hydroxyl groups excluding tert-OH is 1. The summed E-state index contributed by atoms with van der Waals surface area (Å²) in [4.78, 5) is 0. The highest BCUT2D eigenvalue weighted by atomic mass is 16.5. The number of hydrogen-bond acceptors (Lipinski definition) is 2. The lowest BCUT2D eigenvalue weighted by atomic mass is 10.0. The van der Waals surface area contributed by atoms with Crippen LogP contribution in [-0.2, 0) is 4.74 Å². The first-order valence-corrected chi connectivity index (χ1v) is 4.49. The molecule has 0 fully saturated rings. The predicted octanol–water partition coefficient (Wildman–Crippen LogP) is 1.82. The van der Waals surface area contributed by atoms with E-state index in [-0.39, 0.29) is 6.61 Å². The molecule has 0 bridgehead atoms. The minimum Gasteiger partial charge on any atom is -0.394 e. The summed E-state index contributed by atoms with van der Waals surface area (Å²) in [5.74, 6) is 0.813. The number of hydrogen-bond donors (Lipinski definition) is 1. The first-order valence-electron chi connectivity index (χ1n) is 4.49. The van der Waals surface area contributed by atoms with Crippen LogP contribution in [0.4, 0.5) is 0 Å². The van der Waals surface area contributed by atoms with Gasteiger partial charge in [0.15, 0.2) is 0 Å². The molecule has 1 atom stereocenters. The van der Waals surface area contributed by atoms with E-state index in [1.807, 2.05) is 0 Å². The van der Waals surface area contributed by atoms with Crippen molar-refractivity contribution in [3.05, 3.63) is 0 Å². The Morgan fingerprint density at radius 3 is 2.64 bits per heavy atom. The van der Waals surface area contributed by atoms with Crippen LogP contribution < -0.4 is 0 Å². The molecule has 0 aromatic heterocycles. The normalized spacial score (nSPS) is 13.4. The quantitative estimate of drug-likeness (QED) is 0.576. The second kappa shape index (κ2) is 8.02. The molecule has 0 aromatic carbocycles. The first-order chi connectivity index (χ1) is 5.31. The van der Waals surface area contributed by atoms with Gasteiger partial charge in [-0.1, -0.05) is 20.3 Å². The molecular weight excluding hydrogens is 140 g/mol. The summed E-state index contributed by atoms with van der Waals surface area (Å²) >= 11 is 0. The van der Waals surface area contributed by atoms with E-state index in [2.05, 4.69) is 13.8 Å². The SMILES string of the molecule is CCC(C)CCCOCCO. The van der Waals surface area contributed by atoms with Crippen LogP contribution in [0.15, 0.2) is 0 Å². The summed E-state index contributed by atoms with van der Waals surface area (Å²) in [6, 6.07) is 0. The summed E-state index contributed by atoms with van der Waals surface area (Å²) in [6.45, 7) is 5.89. The maximum Gasteiger partial charge on any atom is 0.0697 e. The zero-order valence-corrected chi connectivity index (χ0v) is 7.68. The monoisotopic (exact) mass is 160 g/mol. The fourth-order valence-electron chi connectivity index (χ4n) is 0.905. The Kier molecular flexibility index (Phi) is 7.96. The molecule has 1 N–H and O–H groups in total. The lowest BCUT2D eigenvalue weighted by molar-refractivity contribution is 0.0879. The van der Waals surface area contributed by atoms with Gasteiger partial charge in [-0.25, -0.2) is 0 Å². The summed E-state index contributed by atoms with van der Waals surface area (Å²) < 4.78 is 5.13. The van der Waals surface area contributed by atoms with Crippen LogP contribution in [0.3, 0.4) is 0 Å². The van der Waals surface area contributed by atoms with Gasteiger partial charge in [0.25, 0.3) is 0 Å². The Morgan fingerprint density at radius 2 is 2.09 bits per heavy atom. The first kappa shape index (κ1) is 10.9. The Balaban J connectivity index is 2.89. The van der Waals surface area contributed by atoms with Gasteiger partial charge in [-0.2, -0.15) is 0 Å². The van der Waals surface area contributed by atoms with Gasteiger partial charge in [-0.15, -0.1) is 0 Å². The number of aliphatic hydroxyl groups is 1. The smallest absolute Gasteiger partial charge is 0.0697 e. The molecule has 0 saturated carbocycles. The van der Waals surface area contributed by atoms with E-state index in [0.29, 0.717) is 6.61 Å². The fraction of sp³-hybridized carbons (Fsp3) is 1.00. The van der Waals surface area contributed by atoms with Crippen LogP contribution in [0.2, 0.25) is 0 Å². The minimum atomic E-state index is 0.142. The van der Waals surface area contributed by atoms with Crippen molar-refractivity contribution < 1.29 is 9.84 Å². The zero-order chi connectivity index (χ0) is 8.53.